The van der Waals surface area contributed by atoms with E-state index >= 15 is 0 Å². The first-order valence-corrected chi connectivity index (χ1v) is 12.2. The van der Waals surface area contributed by atoms with Crippen LogP contribution < -0.4 is 10.6 Å². The van der Waals surface area contributed by atoms with E-state index in [2.05, 4.69) is 10.6 Å². The number of aryl methyl sites for hydroxylation is 2. The highest BCUT2D eigenvalue weighted by Crippen LogP contribution is 2.28. The van der Waals surface area contributed by atoms with Gasteiger partial charge in [0.15, 0.2) is 0 Å². The van der Waals surface area contributed by atoms with Gasteiger partial charge in [-0.1, -0.05) is 43.2 Å². The Labute approximate surface area is 206 Å². The summed E-state index contributed by atoms with van der Waals surface area (Å²) in [7, 11) is 0. The summed E-state index contributed by atoms with van der Waals surface area (Å²) in [6.45, 7) is 20.8. The summed E-state index contributed by atoms with van der Waals surface area (Å²) in [4.78, 5) is 41.6. The first kappa shape index (κ1) is 29.5. The van der Waals surface area contributed by atoms with Gasteiger partial charge in [0.2, 0.25) is 11.8 Å². The van der Waals surface area contributed by atoms with Gasteiger partial charge in [-0.05, 0) is 80.2 Å². The predicted octanol–water partition coefficient (Wildman–Crippen LogP) is 5.05. The van der Waals surface area contributed by atoms with Crippen LogP contribution in [-0.4, -0.2) is 46.5 Å². The fourth-order valence-electron chi connectivity index (χ4n) is 3.97. The highest BCUT2D eigenvalue weighted by Gasteiger charge is 2.38. The minimum absolute atomic E-state index is 0.0867. The summed E-state index contributed by atoms with van der Waals surface area (Å²) >= 11 is 0. The summed E-state index contributed by atoms with van der Waals surface area (Å²) in [6, 6.07) is 3.90. The molecule has 0 aliphatic carbocycles. The zero-order chi connectivity index (χ0) is 26.4. The van der Waals surface area contributed by atoms with Crippen molar-refractivity contribution in [1.82, 2.24) is 15.5 Å². The molecular weight excluding hydrogens is 430 g/mol. The van der Waals surface area contributed by atoms with Crippen LogP contribution in [0.2, 0.25) is 0 Å². The van der Waals surface area contributed by atoms with Crippen LogP contribution in [0.15, 0.2) is 18.2 Å². The van der Waals surface area contributed by atoms with E-state index in [4.69, 9.17) is 4.74 Å². The van der Waals surface area contributed by atoms with Crippen LogP contribution in [-0.2, 0) is 14.3 Å². The number of rotatable bonds is 9. The van der Waals surface area contributed by atoms with E-state index in [1.807, 2.05) is 73.6 Å². The van der Waals surface area contributed by atoms with Crippen molar-refractivity contribution in [3.63, 3.8) is 0 Å². The average Bonchev–Trinajstić information content (AvgIpc) is 2.61. The van der Waals surface area contributed by atoms with Crippen molar-refractivity contribution < 1.29 is 19.1 Å². The van der Waals surface area contributed by atoms with Gasteiger partial charge in [-0.25, -0.2) is 4.79 Å². The molecule has 1 aromatic carbocycles. The molecule has 1 aromatic rings. The Morgan fingerprint density at radius 2 is 1.44 bits per heavy atom. The van der Waals surface area contributed by atoms with E-state index in [-0.39, 0.29) is 29.8 Å². The molecule has 0 saturated heterocycles. The lowest BCUT2D eigenvalue weighted by Crippen LogP contribution is -2.55. The number of nitrogens with zero attached hydrogens (tertiary/aromatic N) is 1. The number of benzene rings is 1. The number of ether oxygens (including phenoxy) is 1. The Morgan fingerprint density at radius 3 is 1.85 bits per heavy atom. The highest BCUT2D eigenvalue weighted by molar-refractivity contribution is 5.92. The Hall–Kier alpha value is -2.57. The number of hydrogen-bond donors (Lipinski definition) is 2. The second-order valence-electron chi connectivity index (χ2n) is 11.2. The average molecular weight is 476 g/mol. The van der Waals surface area contributed by atoms with Crippen molar-refractivity contribution in [3.05, 3.63) is 34.9 Å². The van der Waals surface area contributed by atoms with Crippen LogP contribution in [0.5, 0.6) is 0 Å². The maximum Gasteiger partial charge on any atom is 0.408 e. The Balaban J connectivity index is 3.51. The van der Waals surface area contributed by atoms with E-state index in [9.17, 15) is 14.4 Å². The van der Waals surface area contributed by atoms with Crippen molar-refractivity contribution in [3.8, 4) is 0 Å². The van der Waals surface area contributed by atoms with E-state index in [0.29, 0.717) is 6.42 Å². The van der Waals surface area contributed by atoms with Gasteiger partial charge in [0.05, 0.1) is 0 Å². The lowest BCUT2D eigenvalue weighted by atomic mass is 9.95. The van der Waals surface area contributed by atoms with Gasteiger partial charge in [0.1, 0.15) is 17.7 Å². The molecule has 2 atom stereocenters. The van der Waals surface area contributed by atoms with Crippen molar-refractivity contribution in [1.29, 1.82) is 0 Å². The topological polar surface area (TPSA) is 87.7 Å². The standard InChI is InChI=1S/C27H45N3O4/c1-16(2)12-22(29-26(33)34-27(9,10)11)25(32)30(18(5)6)23(24(31)28-17(3)4)21-14-19(7)13-20(8)15-21/h13-18,22-23H,12H2,1-11H3,(H,28,31)(H,29,33). The van der Waals surface area contributed by atoms with Crippen LogP contribution in [0.4, 0.5) is 4.79 Å². The van der Waals surface area contributed by atoms with Crippen molar-refractivity contribution in [2.24, 2.45) is 5.92 Å². The molecule has 7 heteroatoms. The summed E-state index contributed by atoms with van der Waals surface area (Å²) in [5.41, 5.74) is 2.09. The van der Waals surface area contributed by atoms with Gasteiger partial charge in [-0.2, -0.15) is 0 Å². The van der Waals surface area contributed by atoms with Crippen molar-refractivity contribution >= 4 is 17.9 Å². The van der Waals surface area contributed by atoms with Gasteiger partial charge in [-0.3, -0.25) is 9.59 Å². The first-order valence-electron chi connectivity index (χ1n) is 12.2. The van der Waals surface area contributed by atoms with Crippen LogP contribution in [0, 0.1) is 19.8 Å². The van der Waals surface area contributed by atoms with Gasteiger partial charge in [-0.15, -0.1) is 0 Å². The molecule has 3 amide bonds. The molecule has 0 bridgehead atoms. The summed E-state index contributed by atoms with van der Waals surface area (Å²) < 4.78 is 5.42. The lowest BCUT2D eigenvalue weighted by molar-refractivity contribution is -0.145. The molecule has 2 unspecified atom stereocenters. The fourth-order valence-corrected chi connectivity index (χ4v) is 3.97. The smallest absolute Gasteiger partial charge is 0.408 e. The van der Waals surface area contributed by atoms with E-state index in [1.165, 1.54) is 0 Å². The maximum absolute atomic E-state index is 14.0. The SMILES string of the molecule is Cc1cc(C)cc(C(C(=O)NC(C)C)N(C(=O)C(CC(C)C)NC(=O)OC(C)(C)C)C(C)C)c1. The molecule has 0 heterocycles. The zero-order valence-electron chi connectivity index (χ0n) is 22.9. The molecule has 0 aromatic heterocycles. The molecule has 7 nitrogen and oxygen atoms in total. The Bertz CT molecular complexity index is 836. The summed E-state index contributed by atoms with van der Waals surface area (Å²) in [5.74, 6) is -0.415. The number of carbonyl (C=O) groups excluding carboxylic acids is 3. The molecular formula is C27H45N3O4. The van der Waals surface area contributed by atoms with Gasteiger partial charge in [0, 0.05) is 12.1 Å². The summed E-state index contributed by atoms with van der Waals surface area (Å²) in [5, 5.41) is 5.74. The third-order valence-corrected chi connectivity index (χ3v) is 5.02. The number of carbonyl (C=O) groups is 3. The molecule has 0 aliphatic rings. The normalized spacial score (nSPS) is 13.6. The lowest BCUT2D eigenvalue weighted by Gasteiger charge is -2.38. The molecule has 1 rings (SSSR count). The Morgan fingerprint density at radius 1 is 0.912 bits per heavy atom. The number of nitrogens with one attached hydrogen (secondary N) is 2. The number of hydrogen-bond acceptors (Lipinski definition) is 4. The molecule has 0 saturated carbocycles. The minimum atomic E-state index is -0.830. The van der Waals surface area contributed by atoms with Crippen molar-refractivity contribution in [2.75, 3.05) is 0 Å². The number of alkyl carbamates (subject to hydrolysis) is 1. The second kappa shape index (κ2) is 12.2. The van der Waals surface area contributed by atoms with Crippen LogP contribution in [0.3, 0.4) is 0 Å². The third-order valence-electron chi connectivity index (χ3n) is 5.02. The van der Waals surface area contributed by atoms with Gasteiger partial charge < -0.3 is 20.3 Å². The highest BCUT2D eigenvalue weighted by atomic mass is 16.6. The first-order chi connectivity index (χ1) is 15.5. The molecule has 0 radical (unpaired) electrons. The van der Waals surface area contributed by atoms with Crippen LogP contribution in [0.25, 0.3) is 0 Å². The van der Waals surface area contributed by atoms with Crippen LogP contribution >= 0.6 is 0 Å². The zero-order valence-corrected chi connectivity index (χ0v) is 22.9. The molecule has 0 fully saturated rings. The van der Waals surface area contributed by atoms with Crippen molar-refractivity contribution in [2.45, 2.75) is 112 Å². The van der Waals surface area contributed by atoms with Crippen LogP contribution in [0.1, 0.15) is 91.5 Å². The summed E-state index contributed by atoms with van der Waals surface area (Å²) in [6.07, 6.45) is -0.225. The van der Waals surface area contributed by atoms with E-state index < -0.39 is 23.8 Å². The van der Waals surface area contributed by atoms with E-state index in [1.54, 1.807) is 25.7 Å². The quantitative estimate of drug-likeness (QED) is 0.523. The minimum Gasteiger partial charge on any atom is -0.444 e. The molecule has 0 spiro atoms. The molecule has 0 aliphatic heterocycles. The Kier molecular flexibility index (Phi) is 10.6. The second-order valence-corrected chi connectivity index (χ2v) is 11.2. The molecule has 2 N–H and O–H groups in total. The molecule has 192 valence electrons. The largest absolute Gasteiger partial charge is 0.444 e. The molecule has 34 heavy (non-hydrogen) atoms. The number of amides is 3. The van der Waals surface area contributed by atoms with Gasteiger partial charge >= 0.3 is 6.09 Å². The van der Waals surface area contributed by atoms with E-state index in [0.717, 1.165) is 16.7 Å². The predicted molar refractivity (Wildman–Crippen MR) is 137 cm³/mol. The van der Waals surface area contributed by atoms with Gasteiger partial charge in [0.25, 0.3) is 0 Å². The monoisotopic (exact) mass is 475 g/mol. The maximum atomic E-state index is 14.0. The third kappa shape index (κ3) is 9.35. The fraction of sp³-hybridized carbons (Fsp3) is 0.667.